The summed E-state index contributed by atoms with van der Waals surface area (Å²) in [6, 6.07) is 0. The molecule has 0 aromatic rings. The molecule has 0 saturated heterocycles. The van der Waals surface area contributed by atoms with Crippen molar-refractivity contribution in [2.75, 3.05) is 0 Å². The summed E-state index contributed by atoms with van der Waals surface area (Å²) >= 11 is 2.49. The Bertz CT molecular complexity index is 97.2. The molecule has 0 atom stereocenters. The van der Waals surface area contributed by atoms with E-state index in [9.17, 15) is 0 Å². The average Bonchev–Trinajstić information content (AvgIpc) is 2.10. The van der Waals surface area contributed by atoms with Crippen molar-refractivity contribution < 1.29 is 0 Å². The summed E-state index contributed by atoms with van der Waals surface area (Å²) in [7, 11) is 0. The Hall–Kier alpha value is 0.298. The van der Waals surface area contributed by atoms with E-state index in [0.717, 1.165) is 0 Å². The number of hydrogen-bond donors (Lipinski definition) is 0. The molecule has 0 nitrogen and oxygen atoms in total. The predicted octanol–water partition coefficient (Wildman–Crippen LogP) is 3.81. The molecule has 0 N–H and O–H groups in total. The SMILES string of the molecule is CCCCCCCCC/C=C/[As]. The van der Waals surface area contributed by atoms with Gasteiger partial charge in [-0.15, -0.1) is 0 Å². The molecule has 0 rings (SSSR count). The average molecular weight is 228 g/mol. The maximum absolute atomic E-state index is 2.49. The van der Waals surface area contributed by atoms with Gasteiger partial charge in [-0.2, -0.15) is 0 Å². The summed E-state index contributed by atoms with van der Waals surface area (Å²) in [6.45, 7) is 2.27. The van der Waals surface area contributed by atoms with Gasteiger partial charge in [-0.05, 0) is 0 Å². The number of hydrogen-bond acceptors (Lipinski definition) is 0. The minimum absolute atomic E-state index is 1.27. The van der Waals surface area contributed by atoms with Gasteiger partial charge in [-0.3, -0.25) is 0 Å². The molecule has 0 aliphatic rings. The first-order valence-electron chi connectivity index (χ1n) is 5.21. The van der Waals surface area contributed by atoms with E-state index < -0.39 is 0 Å². The second kappa shape index (κ2) is 11.3. The van der Waals surface area contributed by atoms with Crippen LogP contribution in [0.4, 0.5) is 0 Å². The quantitative estimate of drug-likeness (QED) is 0.437. The van der Waals surface area contributed by atoms with Crippen LogP contribution >= 0.6 is 0 Å². The molecule has 1 heteroatoms. The molecular formula is C11H21As. The third-order valence-electron chi connectivity index (χ3n) is 2.08. The van der Waals surface area contributed by atoms with Crippen molar-refractivity contribution in [3.63, 3.8) is 0 Å². The topological polar surface area (TPSA) is 0 Å². The Balaban J connectivity index is 2.81. The van der Waals surface area contributed by atoms with Crippen LogP contribution in [0.3, 0.4) is 0 Å². The van der Waals surface area contributed by atoms with E-state index in [4.69, 9.17) is 0 Å². The van der Waals surface area contributed by atoms with Crippen LogP contribution in [-0.2, 0) is 0 Å². The van der Waals surface area contributed by atoms with Gasteiger partial charge in [0.2, 0.25) is 0 Å². The van der Waals surface area contributed by atoms with Gasteiger partial charge in [0.1, 0.15) is 0 Å². The van der Waals surface area contributed by atoms with E-state index in [0.29, 0.717) is 0 Å². The number of rotatable bonds is 8. The van der Waals surface area contributed by atoms with Gasteiger partial charge in [0.05, 0.1) is 0 Å². The summed E-state index contributed by atoms with van der Waals surface area (Å²) in [5.41, 5.74) is 0. The summed E-state index contributed by atoms with van der Waals surface area (Å²) in [4.78, 5) is 2.09. The molecule has 0 aliphatic carbocycles. The fourth-order valence-corrected chi connectivity index (χ4v) is 1.61. The molecule has 0 heterocycles. The summed E-state index contributed by atoms with van der Waals surface area (Å²) < 4.78 is 0. The standard InChI is InChI=1S/C11H21As/c1-2-3-4-5-6-7-8-9-10-11-12/h10-11H,2-9H2,1H3/b11-10+. The summed E-state index contributed by atoms with van der Waals surface area (Å²) in [6.07, 6.45) is 13.4. The van der Waals surface area contributed by atoms with Crippen molar-refractivity contribution in [3.05, 3.63) is 10.9 Å². The van der Waals surface area contributed by atoms with Crippen LogP contribution < -0.4 is 0 Å². The third kappa shape index (κ3) is 10.3. The minimum atomic E-state index is 1.27. The fraction of sp³-hybridized carbons (Fsp3) is 0.818. The molecule has 0 aromatic carbocycles. The van der Waals surface area contributed by atoms with E-state index in [1.54, 1.807) is 0 Å². The van der Waals surface area contributed by atoms with Crippen molar-refractivity contribution in [1.29, 1.82) is 0 Å². The normalized spacial score (nSPS) is 11.2. The van der Waals surface area contributed by atoms with Gasteiger partial charge >= 0.3 is 86.1 Å². The molecule has 0 saturated carbocycles. The second-order valence-electron chi connectivity index (χ2n) is 3.29. The molecule has 0 aliphatic heterocycles. The van der Waals surface area contributed by atoms with E-state index in [1.807, 2.05) is 0 Å². The zero-order chi connectivity index (χ0) is 9.07. The van der Waals surface area contributed by atoms with Crippen LogP contribution in [-0.4, -0.2) is 16.9 Å². The van der Waals surface area contributed by atoms with Crippen LogP contribution in [0, 0.1) is 0 Å². The molecule has 0 spiro atoms. The zero-order valence-corrected chi connectivity index (χ0v) is 10.1. The first-order valence-corrected chi connectivity index (χ1v) is 6.29. The van der Waals surface area contributed by atoms with Gasteiger partial charge in [0.15, 0.2) is 0 Å². The second-order valence-corrected chi connectivity index (χ2v) is 3.92. The van der Waals surface area contributed by atoms with Crippen LogP contribution in [0.15, 0.2) is 10.9 Å². The van der Waals surface area contributed by atoms with Gasteiger partial charge in [-0.25, -0.2) is 0 Å². The van der Waals surface area contributed by atoms with Gasteiger partial charge in [0.25, 0.3) is 0 Å². The third-order valence-corrected chi connectivity index (χ3v) is 2.52. The van der Waals surface area contributed by atoms with Crippen molar-refractivity contribution in [3.8, 4) is 0 Å². The zero-order valence-electron chi connectivity index (χ0n) is 8.26. The monoisotopic (exact) mass is 228 g/mol. The van der Waals surface area contributed by atoms with Crippen LogP contribution in [0.25, 0.3) is 0 Å². The van der Waals surface area contributed by atoms with E-state index in [2.05, 4.69) is 34.7 Å². The molecule has 2 radical (unpaired) electrons. The van der Waals surface area contributed by atoms with Crippen LogP contribution in [0.2, 0.25) is 0 Å². The van der Waals surface area contributed by atoms with Gasteiger partial charge in [0, 0.05) is 0 Å². The number of unbranched alkanes of at least 4 members (excludes halogenated alkanes) is 7. The first-order chi connectivity index (χ1) is 5.91. The van der Waals surface area contributed by atoms with Gasteiger partial charge in [-0.1, -0.05) is 0 Å². The molecule has 0 unspecified atom stereocenters. The molecule has 0 fully saturated rings. The fourth-order valence-electron chi connectivity index (χ4n) is 1.29. The van der Waals surface area contributed by atoms with E-state index >= 15 is 0 Å². The summed E-state index contributed by atoms with van der Waals surface area (Å²) in [5.74, 6) is 0. The Morgan fingerprint density at radius 3 is 2.08 bits per heavy atom. The Labute approximate surface area is 86.3 Å². The van der Waals surface area contributed by atoms with Crippen molar-refractivity contribution >= 4 is 16.9 Å². The predicted molar refractivity (Wildman–Crippen MR) is 57.5 cm³/mol. The maximum atomic E-state index is 2.49. The van der Waals surface area contributed by atoms with E-state index in [-0.39, 0.29) is 0 Å². The Morgan fingerprint density at radius 2 is 1.50 bits per heavy atom. The van der Waals surface area contributed by atoms with Gasteiger partial charge < -0.3 is 0 Å². The van der Waals surface area contributed by atoms with Crippen molar-refractivity contribution in [2.24, 2.45) is 0 Å². The summed E-state index contributed by atoms with van der Waals surface area (Å²) in [5, 5.41) is 0. The molecule has 0 aromatic heterocycles. The molecule has 0 bridgehead atoms. The van der Waals surface area contributed by atoms with Crippen LogP contribution in [0.1, 0.15) is 58.3 Å². The van der Waals surface area contributed by atoms with Crippen molar-refractivity contribution in [1.82, 2.24) is 0 Å². The first kappa shape index (κ1) is 12.3. The molecule has 70 valence electrons. The van der Waals surface area contributed by atoms with E-state index in [1.165, 1.54) is 51.4 Å². The molecule has 0 amide bonds. The molecular weight excluding hydrogens is 207 g/mol. The Morgan fingerprint density at radius 1 is 0.917 bits per heavy atom. The van der Waals surface area contributed by atoms with Crippen LogP contribution in [0.5, 0.6) is 0 Å². The molecule has 12 heavy (non-hydrogen) atoms. The number of allylic oxidation sites excluding steroid dienone is 1. The Kier molecular flexibility index (Phi) is 11.6. The van der Waals surface area contributed by atoms with Crippen molar-refractivity contribution in [2.45, 2.75) is 58.3 Å².